The highest BCUT2D eigenvalue weighted by molar-refractivity contribution is 8.04. The lowest BCUT2D eigenvalue weighted by molar-refractivity contribution is -0.163. The number of aromatic nitrogens is 1. The molecule has 1 aromatic heterocycles. The number of hydrogen-bond donors (Lipinski definition) is 3. The number of β-lactam (4-membered cyclic amide) rings is 1. The molecule has 0 spiro atoms. The van der Waals surface area contributed by atoms with Crippen LogP contribution in [0.1, 0.15) is 32.9 Å². The summed E-state index contributed by atoms with van der Waals surface area (Å²) in [6, 6.07) is 0.162. The van der Waals surface area contributed by atoms with Crippen molar-refractivity contribution in [3.05, 3.63) is 27.8 Å². The molecule has 3 aliphatic rings. The number of aliphatic hydroxyl groups excluding tert-OH is 1. The molecular formula is C19H23N3O4S2. The van der Waals surface area contributed by atoms with Crippen molar-refractivity contribution in [3.8, 4) is 0 Å². The molecule has 150 valence electrons. The van der Waals surface area contributed by atoms with E-state index in [1.165, 1.54) is 28.0 Å². The SMILES string of the molecule is C[C@H]1CC=C(c2csc(SC3=C(C(=O)O)N4C(=O)[C@H]([C@@H](C)O)[C@H]4[C@H]3C)n2)CN1. The van der Waals surface area contributed by atoms with Gasteiger partial charge in [-0.25, -0.2) is 9.78 Å². The smallest absolute Gasteiger partial charge is 0.353 e. The van der Waals surface area contributed by atoms with Crippen molar-refractivity contribution < 1.29 is 19.8 Å². The Morgan fingerprint density at radius 3 is 2.82 bits per heavy atom. The number of amides is 1. The number of carbonyl (C=O) groups is 2. The second kappa shape index (κ2) is 7.29. The van der Waals surface area contributed by atoms with Crippen LogP contribution in [0.2, 0.25) is 0 Å². The summed E-state index contributed by atoms with van der Waals surface area (Å²) >= 11 is 2.81. The second-order valence-corrected chi connectivity index (χ2v) is 9.77. The fourth-order valence-corrected chi connectivity index (χ4v) is 6.27. The maximum atomic E-state index is 12.4. The molecule has 0 aromatic carbocycles. The third-order valence-corrected chi connectivity index (χ3v) is 7.90. The third-order valence-electron chi connectivity index (χ3n) is 5.68. The van der Waals surface area contributed by atoms with E-state index in [9.17, 15) is 19.8 Å². The summed E-state index contributed by atoms with van der Waals surface area (Å²) in [6.07, 6.45) is 2.36. The van der Waals surface area contributed by atoms with Crippen LogP contribution in [-0.2, 0) is 9.59 Å². The van der Waals surface area contributed by atoms with E-state index in [0.29, 0.717) is 10.9 Å². The number of carbonyl (C=O) groups excluding carboxylic acids is 1. The number of nitrogens with zero attached hydrogens (tertiary/aromatic N) is 2. The maximum Gasteiger partial charge on any atom is 0.353 e. The van der Waals surface area contributed by atoms with Crippen LogP contribution in [0.25, 0.3) is 5.57 Å². The number of aliphatic carboxylic acids is 1. The van der Waals surface area contributed by atoms with Gasteiger partial charge in [0.25, 0.3) is 0 Å². The molecule has 0 aliphatic carbocycles. The zero-order valence-electron chi connectivity index (χ0n) is 15.9. The van der Waals surface area contributed by atoms with Crippen molar-refractivity contribution in [2.45, 2.75) is 49.7 Å². The second-order valence-electron chi connectivity index (χ2n) is 7.62. The van der Waals surface area contributed by atoms with E-state index in [-0.39, 0.29) is 23.6 Å². The number of hydrogen-bond acceptors (Lipinski definition) is 7. The first kappa shape index (κ1) is 19.6. The molecule has 1 saturated heterocycles. The van der Waals surface area contributed by atoms with Crippen molar-refractivity contribution in [1.82, 2.24) is 15.2 Å². The minimum atomic E-state index is -1.11. The topological polar surface area (TPSA) is 103 Å². The Morgan fingerprint density at radius 2 is 2.21 bits per heavy atom. The Morgan fingerprint density at radius 1 is 1.46 bits per heavy atom. The minimum Gasteiger partial charge on any atom is -0.477 e. The predicted molar refractivity (Wildman–Crippen MR) is 108 cm³/mol. The van der Waals surface area contributed by atoms with E-state index in [1.807, 2.05) is 12.3 Å². The van der Waals surface area contributed by atoms with E-state index in [0.717, 1.165) is 28.6 Å². The van der Waals surface area contributed by atoms with Crippen LogP contribution in [0.4, 0.5) is 0 Å². The summed E-state index contributed by atoms with van der Waals surface area (Å²) in [5.74, 6) is -2.13. The molecule has 0 unspecified atom stereocenters. The predicted octanol–water partition coefficient (Wildman–Crippen LogP) is 2.15. The first-order valence-electron chi connectivity index (χ1n) is 9.34. The Labute approximate surface area is 171 Å². The number of thioether (sulfide) groups is 1. The molecule has 7 nitrogen and oxygen atoms in total. The summed E-state index contributed by atoms with van der Waals surface area (Å²) in [5.41, 5.74) is 2.10. The highest BCUT2D eigenvalue weighted by Crippen LogP contribution is 2.52. The van der Waals surface area contributed by atoms with Gasteiger partial charge in [-0.3, -0.25) is 4.79 Å². The highest BCUT2D eigenvalue weighted by Gasteiger charge is 2.60. The largest absolute Gasteiger partial charge is 0.477 e. The Balaban J connectivity index is 1.59. The van der Waals surface area contributed by atoms with Crippen molar-refractivity contribution in [3.63, 3.8) is 0 Å². The first-order chi connectivity index (χ1) is 13.3. The fraction of sp³-hybridized carbons (Fsp3) is 0.526. The van der Waals surface area contributed by atoms with Gasteiger partial charge in [0.1, 0.15) is 5.70 Å². The monoisotopic (exact) mass is 421 g/mol. The summed E-state index contributed by atoms with van der Waals surface area (Å²) in [4.78, 5) is 31.0. The molecule has 3 N–H and O–H groups in total. The number of thiazole rings is 1. The van der Waals surface area contributed by atoms with Crippen molar-refractivity contribution >= 4 is 40.5 Å². The van der Waals surface area contributed by atoms with Crippen molar-refractivity contribution in [1.29, 1.82) is 0 Å². The minimum absolute atomic E-state index is 0.0357. The van der Waals surface area contributed by atoms with Crippen LogP contribution in [0.3, 0.4) is 0 Å². The van der Waals surface area contributed by atoms with Crippen LogP contribution in [0, 0.1) is 11.8 Å². The van der Waals surface area contributed by atoms with Crippen LogP contribution in [0.15, 0.2) is 26.4 Å². The number of carboxylic acid groups (broad SMARTS) is 1. The molecule has 28 heavy (non-hydrogen) atoms. The summed E-state index contributed by atoms with van der Waals surface area (Å²) in [6.45, 7) is 6.41. The van der Waals surface area contributed by atoms with Crippen LogP contribution in [0.5, 0.6) is 0 Å². The zero-order chi connectivity index (χ0) is 20.2. The zero-order valence-corrected chi connectivity index (χ0v) is 17.5. The molecule has 0 saturated carbocycles. The van der Waals surface area contributed by atoms with Crippen LogP contribution >= 0.6 is 23.1 Å². The number of nitrogens with one attached hydrogen (secondary N) is 1. The molecule has 4 rings (SSSR count). The van der Waals surface area contributed by atoms with Crippen molar-refractivity contribution in [2.24, 2.45) is 11.8 Å². The van der Waals surface area contributed by atoms with Crippen LogP contribution in [-0.4, -0.2) is 56.7 Å². The Kier molecular flexibility index (Phi) is 5.11. The molecular weight excluding hydrogens is 398 g/mol. The molecule has 0 radical (unpaired) electrons. The molecule has 1 amide bonds. The van der Waals surface area contributed by atoms with Crippen LogP contribution < -0.4 is 5.32 Å². The van der Waals surface area contributed by atoms with Gasteiger partial charge >= 0.3 is 5.97 Å². The summed E-state index contributed by atoms with van der Waals surface area (Å²) in [7, 11) is 0. The summed E-state index contributed by atoms with van der Waals surface area (Å²) in [5, 5.41) is 25.1. The standard InChI is InChI=1S/C19H23N3O4S2/c1-8-4-5-11(6-20-8)12-7-27-19(21-12)28-16-9(2)14-13(10(3)23)17(24)22(14)15(16)18(25)26/h5,7-10,13-14,20,23H,4,6H2,1-3H3,(H,25,26)/t8-,9+,10+,13+,14+/m0/s1. The summed E-state index contributed by atoms with van der Waals surface area (Å²) < 4.78 is 0.763. The van der Waals surface area contributed by atoms with E-state index in [1.54, 1.807) is 6.92 Å². The highest BCUT2D eigenvalue weighted by atomic mass is 32.2. The van der Waals surface area contributed by atoms with Crippen molar-refractivity contribution in [2.75, 3.05) is 6.54 Å². The van der Waals surface area contributed by atoms with Gasteiger partial charge in [-0.05, 0) is 25.8 Å². The van der Waals surface area contributed by atoms with E-state index in [4.69, 9.17) is 0 Å². The Hall–Kier alpha value is -1.68. The van der Waals surface area contributed by atoms with Gasteiger partial charge in [-0.1, -0.05) is 24.8 Å². The number of rotatable bonds is 5. The average molecular weight is 422 g/mol. The van der Waals surface area contributed by atoms with Gasteiger partial charge in [0.05, 0.1) is 23.8 Å². The van der Waals surface area contributed by atoms with Gasteiger partial charge in [0.2, 0.25) is 5.91 Å². The lowest BCUT2D eigenvalue weighted by atomic mass is 9.79. The van der Waals surface area contributed by atoms with Gasteiger partial charge in [-0.15, -0.1) is 11.3 Å². The molecule has 5 atom stereocenters. The third kappa shape index (κ3) is 3.10. The van der Waals surface area contributed by atoms with Gasteiger partial charge in [0.15, 0.2) is 4.34 Å². The van der Waals surface area contributed by atoms with E-state index in [2.05, 4.69) is 23.3 Å². The molecule has 9 heteroatoms. The number of fused-ring (bicyclic) bond motifs is 1. The van der Waals surface area contributed by atoms with Gasteiger partial charge in [-0.2, -0.15) is 0 Å². The molecule has 1 aromatic rings. The lowest BCUT2D eigenvalue weighted by Crippen LogP contribution is -2.63. The fourth-order valence-electron chi connectivity index (χ4n) is 4.16. The molecule has 0 bridgehead atoms. The molecule has 1 fully saturated rings. The normalized spacial score (nSPS) is 30.8. The van der Waals surface area contributed by atoms with Gasteiger partial charge < -0.3 is 20.4 Å². The number of aliphatic hydroxyl groups is 1. The molecule has 3 aliphatic heterocycles. The quantitative estimate of drug-likeness (QED) is 0.626. The molecule has 4 heterocycles. The van der Waals surface area contributed by atoms with E-state index >= 15 is 0 Å². The van der Waals surface area contributed by atoms with E-state index < -0.39 is 18.0 Å². The Bertz CT molecular complexity index is 891. The maximum absolute atomic E-state index is 12.4. The first-order valence-corrected chi connectivity index (χ1v) is 11.0. The van der Waals surface area contributed by atoms with Gasteiger partial charge in [0, 0.05) is 28.8 Å². The average Bonchev–Trinajstić information content (AvgIpc) is 3.18. The number of carboxylic acids is 1. The lowest BCUT2D eigenvalue weighted by Gasteiger charge is -2.46.